The molecule has 1 amide bonds. The average Bonchev–Trinajstić information content (AvgIpc) is 3.26. The van der Waals surface area contributed by atoms with Crippen molar-refractivity contribution in [1.82, 2.24) is 9.71 Å². The molecule has 0 radical (unpaired) electrons. The van der Waals surface area contributed by atoms with Crippen LogP contribution in [0.5, 0.6) is 0 Å². The van der Waals surface area contributed by atoms with Crippen LogP contribution in [-0.2, 0) is 26.0 Å². The van der Waals surface area contributed by atoms with Crippen molar-refractivity contribution < 1.29 is 22.7 Å². The number of pyridine rings is 1. The minimum atomic E-state index is -3.73. The van der Waals surface area contributed by atoms with E-state index in [4.69, 9.17) is 4.74 Å². The van der Waals surface area contributed by atoms with Crippen LogP contribution in [0.25, 0.3) is 0 Å². The molecule has 3 rings (SSSR count). The molecule has 1 unspecified atom stereocenters. The van der Waals surface area contributed by atoms with E-state index < -0.39 is 21.9 Å². The number of sulfonamides is 1. The zero-order valence-electron chi connectivity index (χ0n) is 19.3. The summed E-state index contributed by atoms with van der Waals surface area (Å²) >= 11 is 0. The molecule has 0 spiro atoms. The summed E-state index contributed by atoms with van der Waals surface area (Å²) in [6.07, 6.45) is 1.04. The Morgan fingerprint density at radius 3 is 2.71 bits per heavy atom. The fourth-order valence-electron chi connectivity index (χ4n) is 3.95. The number of rotatable bonds is 9. The van der Waals surface area contributed by atoms with Crippen molar-refractivity contribution in [3.05, 3.63) is 58.8 Å². The highest BCUT2D eigenvalue weighted by Gasteiger charge is 2.29. The quantitative estimate of drug-likeness (QED) is 0.537. The van der Waals surface area contributed by atoms with Gasteiger partial charge in [0.15, 0.2) is 0 Å². The zero-order chi connectivity index (χ0) is 24.7. The van der Waals surface area contributed by atoms with Crippen molar-refractivity contribution in [3.63, 3.8) is 0 Å². The van der Waals surface area contributed by atoms with Gasteiger partial charge in [0.2, 0.25) is 15.9 Å². The number of anilines is 1. The lowest BCUT2D eigenvalue weighted by Crippen LogP contribution is -2.34. The first-order valence-electron chi connectivity index (χ1n) is 11.1. The average molecular weight is 485 g/mol. The maximum atomic E-state index is 12.4. The fourth-order valence-corrected chi connectivity index (χ4v) is 4.99. The van der Waals surface area contributed by atoms with Crippen LogP contribution < -0.4 is 9.62 Å². The molecular formula is C24H28N4O5S. The largest absolute Gasteiger partial charge is 0.462 e. The molecule has 1 atom stereocenters. The minimum absolute atomic E-state index is 0.0584. The number of carbonyl (C=O) groups is 2. The number of nitriles is 1. The number of carbonyl (C=O) groups excluding carboxylic acids is 2. The number of amides is 1. The molecule has 0 saturated carbocycles. The van der Waals surface area contributed by atoms with E-state index in [1.165, 1.54) is 6.07 Å². The number of aryl methyl sites for hydroxylation is 2. The third-order valence-electron chi connectivity index (χ3n) is 5.64. The molecule has 1 saturated heterocycles. The summed E-state index contributed by atoms with van der Waals surface area (Å²) < 4.78 is 31.8. The van der Waals surface area contributed by atoms with Gasteiger partial charge in [-0.05, 0) is 44.2 Å². The normalized spacial score (nSPS) is 15.6. The van der Waals surface area contributed by atoms with E-state index in [1.807, 2.05) is 35.2 Å². The van der Waals surface area contributed by atoms with Gasteiger partial charge in [0.25, 0.3) is 0 Å². The topological polar surface area (TPSA) is 129 Å². The Morgan fingerprint density at radius 1 is 1.29 bits per heavy atom. The highest BCUT2D eigenvalue weighted by molar-refractivity contribution is 7.90. The predicted octanol–water partition coefficient (Wildman–Crippen LogP) is 2.34. The number of nitrogens with one attached hydrogen (secondary N) is 1. The summed E-state index contributed by atoms with van der Waals surface area (Å²) in [4.78, 5) is 30.9. The lowest BCUT2D eigenvalue weighted by Gasteiger charge is -2.20. The fraction of sp³-hybridized carbons (Fsp3) is 0.417. The molecule has 10 heteroatoms. The Hall–Kier alpha value is -3.45. The van der Waals surface area contributed by atoms with Crippen LogP contribution in [0, 0.1) is 24.2 Å². The van der Waals surface area contributed by atoms with Crippen LogP contribution in [0.4, 0.5) is 5.82 Å². The van der Waals surface area contributed by atoms with Gasteiger partial charge in [0, 0.05) is 19.5 Å². The number of hydrogen-bond donors (Lipinski definition) is 1. The minimum Gasteiger partial charge on any atom is -0.462 e. The Labute approximate surface area is 199 Å². The standard InChI is InChI=1S/C24H28N4O5S/c1-3-33-24(30)21-14-20(15-25)23(26-17(21)2)28-11-9-19(16-28)13-22(29)27-34(31,32)12-10-18-7-5-4-6-8-18/h4-8,14,19H,3,9-13,16H2,1-2H3,(H,27,29). The van der Waals surface area contributed by atoms with Crippen molar-refractivity contribution in [2.75, 3.05) is 30.3 Å². The number of aromatic nitrogens is 1. The second-order valence-corrected chi connectivity index (χ2v) is 10.1. The Kier molecular flexibility index (Phi) is 8.23. The summed E-state index contributed by atoms with van der Waals surface area (Å²) in [5.41, 5.74) is 1.84. The van der Waals surface area contributed by atoms with Gasteiger partial charge >= 0.3 is 5.97 Å². The summed E-state index contributed by atoms with van der Waals surface area (Å²) in [5.74, 6) is -0.863. The molecule has 1 aromatic heterocycles. The van der Waals surface area contributed by atoms with E-state index in [-0.39, 0.29) is 35.8 Å². The van der Waals surface area contributed by atoms with Crippen molar-refractivity contribution in [1.29, 1.82) is 5.26 Å². The van der Waals surface area contributed by atoms with Crippen molar-refractivity contribution in [3.8, 4) is 6.07 Å². The first kappa shape index (κ1) is 25.2. The van der Waals surface area contributed by atoms with Gasteiger partial charge in [-0.25, -0.2) is 18.2 Å². The first-order chi connectivity index (χ1) is 16.2. The molecule has 1 aliphatic rings. The first-order valence-corrected chi connectivity index (χ1v) is 12.8. The molecule has 1 fully saturated rings. The van der Waals surface area contributed by atoms with E-state index in [0.717, 1.165) is 5.56 Å². The lowest BCUT2D eigenvalue weighted by molar-refractivity contribution is -0.120. The van der Waals surface area contributed by atoms with E-state index in [9.17, 15) is 23.3 Å². The third-order valence-corrected chi connectivity index (χ3v) is 6.92. The van der Waals surface area contributed by atoms with Crippen LogP contribution in [0.2, 0.25) is 0 Å². The van der Waals surface area contributed by atoms with Crippen molar-refractivity contribution >= 4 is 27.7 Å². The molecular weight excluding hydrogens is 456 g/mol. The van der Waals surface area contributed by atoms with Gasteiger partial charge in [-0.3, -0.25) is 9.52 Å². The van der Waals surface area contributed by atoms with Gasteiger partial charge in [-0.15, -0.1) is 0 Å². The van der Waals surface area contributed by atoms with Gasteiger partial charge in [-0.2, -0.15) is 5.26 Å². The highest BCUT2D eigenvalue weighted by Crippen LogP contribution is 2.28. The molecule has 9 nitrogen and oxygen atoms in total. The number of hydrogen-bond acceptors (Lipinski definition) is 8. The maximum Gasteiger partial charge on any atom is 0.340 e. The van der Waals surface area contributed by atoms with Crippen LogP contribution >= 0.6 is 0 Å². The zero-order valence-corrected chi connectivity index (χ0v) is 20.1. The smallest absolute Gasteiger partial charge is 0.340 e. The van der Waals surface area contributed by atoms with Gasteiger partial charge in [0.05, 0.1) is 29.2 Å². The Morgan fingerprint density at radius 2 is 2.03 bits per heavy atom. The second kappa shape index (κ2) is 11.1. The molecule has 34 heavy (non-hydrogen) atoms. The SMILES string of the molecule is CCOC(=O)c1cc(C#N)c(N2CCC(CC(=O)NS(=O)(=O)CCc3ccccc3)C2)nc1C. The van der Waals surface area contributed by atoms with Crippen LogP contribution in [0.1, 0.15) is 46.9 Å². The van der Waals surface area contributed by atoms with Gasteiger partial charge in [0.1, 0.15) is 11.9 Å². The van der Waals surface area contributed by atoms with E-state index in [0.29, 0.717) is 37.4 Å². The monoisotopic (exact) mass is 484 g/mol. The van der Waals surface area contributed by atoms with Crippen LogP contribution in [0.15, 0.2) is 36.4 Å². The van der Waals surface area contributed by atoms with Gasteiger partial charge in [-0.1, -0.05) is 30.3 Å². The number of ether oxygens (including phenoxy) is 1. The summed E-state index contributed by atoms with van der Waals surface area (Å²) in [5, 5.41) is 9.58. The van der Waals surface area contributed by atoms with E-state index in [2.05, 4.69) is 15.8 Å². The van der Waals surface area contributed by atoms with Gasteiger partial charge < -0.3 is 9.64 Å². The van der Waals surface area contributed by atoms with E-state index >= 15 is 0 Å². The summed E-state index contributed by atoms with van der Waals surface area (Å²) in [6, 6.07) is 12.8. The Balaban J connectivity index is 1.59. The Bertz CT molecular complexity index is 1190. The maximum absolute atomic E-state index is 12.4. The predicted molar refractivity (Wildman–Crippen MR) is 127 cm³/mol. The lowest BCUT2D eigenvalue weighted by atomic mass is 10.1. The van der Waals surface area contributed by atoms with Crippen molar-refractivity contribution in [2.45, 2.75) is 33.1 Å². The molecule has 1 aliphatic heterocycles. The molecule has 0 bridgehead atoms. The van der Waals surface area contributed by atoms with Crippen LogP contribution in [0.3, 0.4) is 0 Å². The molecule has 1 aromatic carbocycles. The molecule has 1 N–H and O–H groups in total. The molecule has 2 heterocycles. The third kappa shape index (κ3) is 6.54. The summed E-state index contributed by atoms with van der Waals surface area (Å²) in [6.45, 7) is 4.63. The van der Waals surface area contributed by atoms with E-state index in [1.54, 1.807) is 13.8 Å². The second-order valence-electron chi connectivity index (χ2n) is 8.21. The molecule has 0 aliphatic carbocycles. The molecule has 2 aromatic rings. The number of nitrogens with zero attached hydrogens (tertiary/aromatic N) is 3. The van der Waals surface area contributed by atoms with Crippen molar-refractivity contribution in [2.24, 2.45) is 5.92 Å². The highest BCUT2D eigenvalue weighted by atomic mass is 32.2. The number of benzene rings is 1. The number of esters is 1. The van der Waals surface area contributed by atoms with Crippen LogP contribution in [-0.4, -0.2) is 50.7 Å². The molecule has 180 valence electrons. The summed E-state index contributed by atoms with van der Waals surface area (Å²) in [7, 11) is -3.73.